The number of carbonyl (C=O) groups is 2. The summed E-state index contributed by atoms with van der Waals surface area (Å²) >= 11 is 0. The molecule has 0 saturated heterocycles. The van der Waals surface area contributed by atoms with Crippen molar-refractivity contribution in [3.8, 4) is 0 Å². The van der Waals surface area contributed by atoms with Crippen molar-refractivity contribution in [3.05, 3.63) is 107 Å². The molecule has 0 unspecified atom stereocenters. The average Bonchev–Trinajstić information content (AvgIpc) is 2.71. The Morgan fingerprint density at radius 1 is 0.821 bits per heavy atom. The molecule has 3 aromatic carbocycles. The van der Waals surface area contributed by atoms with Gasteiger partial charge in [0.05, 0.1) is 5.92 Å². The average molecular weight is 373 g/mol. The van der Waals surface area contributed by atoms with Crippen molar-refractivity contribution in [2.24, 2.45) is 0 Å². The van der Waals surface area contributed by atoms with Gasteiger partial charge in [-0.2, -0.15) is 0 Å². The van der Waals surface area contributed by atoms with Crippen LogP contribution in [0, 0.1) is 6.92 Å². The molecule has 0 heterocycles. The van der Waals surface area contributed by atoms with E-state index in [9.17, 15) is 14.7 Å². The lowest BCUT2D eigenvalue weighted by molar-refractivity contribution is -0.141. The van der Waals surface area contributed by atoms with Crippen molar-refractivity contribution in [1.29, 1.82) is 0 Å². The molecule has 0 aliphatic heterocycles. The fourth-order valence-corrected chi connectivity index (χ4v) is 3.20. The third kappa shape index (κ3) is 4.86. The van der Waals surface area contributed by atoms with Gasteiger partial charge in [-0.05, 0) is 23.6 Å². The van der Waals surface area contributed by atoms with Crippen LogP contribution < -0.4 is 5.32 Å². The maximum atomic E-state index is 13.1. The number of amides is 1. The van der Waals surface area contributed by atoms with Gasteiger partial charge in [0.1, 0.15) is 6.04 Å². The lowest BCUT2D eigenvalue weighted by atomic mass is 9.90. The number of carboxylic acids is 1. The van der Waals surface area contributed by atoms with Crippen molar-refractivity contribution in [1.82, 2.24) is 5.32 Å². The molecule has 4 nitrogen and oxygen atoms in total. The van der Waals surface area contributed by atoms with Crippen LogP contribution in [0.25, 0.3) is 0 Å². The summed E-state index contributed by atoms with van der Waals surface area (Å²) in [6.07, 6.45) is 0.234. The second-order valence-electron chi connectivity index (χ2n) is 6.84. The van der Waals surface area contributed by atoms with E-state index in [0.717, 1.165) is 22.3 Å². The molecule has 1 amide bonds. The summed E-state index contributed by atoms with van der Waals surface area (Å²) in [5, 5.41) is 12.4. The van der Waals surface area contributed by atoms with Gasteiger partial charge in [-0.25, -0.2) is 4.79 Å². The summed E-state index contributed by atoms with van der Waals surface area (Å²) in [7, 11) is 0. The van der Waals surface area contributed by atoms with Gasteiger partial charge in [0.15, 0.2) is 0 Å². The zero-order valence-electron chi connectivity index (χ0n) is 15.7. The molecule has 3 rings (SSSR count). The predicted molar refractivity (Wildman–Crippen MR) is 109 cm³/mol. The Bertz CT molecular complexity index is 882. The summed E-state index contributed by atoms with van der Waals surface area (Å²) < 4.78 is 0. The molecule has 28 heavy (non-hydrogen) atoms. The van der Waals surface area contributed by atoms with Gasteiger partial charge >= 0.3 is 5.97 Å². The highest BCUT2D eigenvalue weighted by Crippen LogP contribution is 2.25. The number of nitrogens with one attached hydrogen (secondary N) is 1. The zero-order chi connectivity index (χ0) is 19.9. The second kappa shape index (κ2) is 9.00. The molecule has 3 aromatic rings. The molecule has 0 aliphatic carbocycles. The summed E-state index contributed by atoms with van der Waals surface area (Å²) in [5.74, 6) is -1.94. The first kappa shape index (κ1) is 19.4. The van der Waals surface area contributed by atoms with E-state index in [1.54, 1.807) is 0 Å². The first-order chi connectivity index (χ1) is 13.5. The molecule has 0 aromatic heterocycles. The highest BCUT2D eigenvalue weighted by Gasteiger charge is 2.27. The summed E-state index contributed by atoms with van der Waals surface area (Å²) in [5.41, 5.74) is 3.62. The van der Waals surface area contributed by atoms with Crippen LogP contribution in [0.4, 0.5) is 0 Å². The molecule has 4 heteroatoms. The molecular weight excluding hydrogens is 350 g/mol. The second-order valence-corrected chi connectivity index (χ2v) is 6.84. The summed E-state index contributed by atoms with van der Waals surface area (Å²) in [6.45, 7) is 1.98. The third-order valence-corrected chi connectivity index (χ3v) is 4.70. The molecule has 0 aliphatic rings. The molecule has 2 N–H and O–H groups in total. The van der Waals surface area contributed by atoms with Crippen LogP contribution in [0.1, 0.15) is 28.2 Å². The fraction of sp³-hybridized carbons (Fsp3) is 0.167. The number of aryl methyl sites for hydroxylation is 1. The highest BCUT2D eigenvalue weighted by atomic mass is 16.4. The quantitative estimate of drug-likeness (QED) is 0.659. The van der Waals surface area contributed by atoms with Crippen LogP contribution >= 0.6 is 0 Å². The molecule has 142 valence electrons. The Morgan fingerprint density at radius 3 is 1.79 bits per heavy atom. The Balaban J connectivity index is 1.85. The Labute approximate surface area is 164 Å². The van der Waals surface area contributed by atoms with Crippen molar-refractivity contribution >= 4 is 11.9 Å². The number of carbonyl (C=O) groups excluding carboxylic acids is 1. The number of aliphatic carboxylic acids is 1. The number of rotatable bonds is 7. The Kier molecular flexibility index (Phi) is 6.22. The molecule has 0 saturated carbocycles. The van der Waals surface area contributed by atoms with Gasteiger partial charge in [-0.1, -0.05) is 90.5 Å². The monoisotopic (exact) mass is 373 g/mol. The van der Waals surface area contributed by atoms with Crippen molar-refractivity contribution in [3.63, 3.8) is 0 Å². The maximum absolute atomic E-state index is 13.1. The SMILES string of the molecule is Cc1ccc(C[C@H](NC(=O)C(c2ccccc2)c2ccccc2)C(=O)O)cc1. The molecule has 1 atom stereocenters. The topological polar surface area (TPSA) is 66.4 Å². The maximum Gasteiger partial charge on any atom is 0.326 e. The predicted octanol–water partition coefficient (Wildman–Crippen LogP) is 3.94. The minimum atomic E-state index is -1.05. The normalized spacial score (nSPS) is 11.8. The van der Waals surface area contributed by atoms with Crippen LogP contribution in [0.3, 0.4) is 0 Å². The Hall–Kier alpha value is -3.40. The van der Waals surface area contributed by atoms with Gasteiger partial charge in [-0.3, -0.25) is 4.79 Å². The van der Waals surface area contributed by atoms with Crippen LogP contribution in [-0.2, 0) is 16.0 Å². The number of benzene rings is 3. The Morgan fingerprint density at radius 2 is 1.32 bits per heavy atom. The summed E-state index contributed by atoms with van der Waals surface area (Å²) in [6, 6.07) is 25.5. The molecule has 0 fully saturated rings. The standard InChI is InChI=1S/C24H23NO3/c1-17-12-14-18(15-13-17)16-21(24(27)28)25-23(26)22(19-8-4-2-5-9-19)20-10-6-3-7-11-20/h2-15,21-22H,16H2,1H3,(H,25,26)(H,27,28)/t21-/m0/s1. The minimum Gasteiger partial charge on any atom is -0.480 e. The largest absolute Gasteiger partial charge is 0.480 e. The van der Waals surface area contributed by atoms with Crippen LogP contribution in [-0.4, -0.2) is 23.0 Å². The van der Waals surface area contributed by atoms with E-state index in [1.165, 1.54) is 0 Å². The van der Waals surface area contributed by atoms with E-state index in [2.05, 4.69) is 5.32 Å². The third-order valence-electron chi connectivity index (χ3n) is 4.70. The van der Waals surface area contributed by atoms with E-state index in [4.69, 9.17) is 0 Å². The van der Waals surface area contributed by atoms with Crippen LogP contribution in [0.2, 0.25) is 0 Å². The van der Waals surface area contributed by atoms with E-state index < -0.39 is 17.9 Å². The van der Waals surface area contributed by atoms with Crippen molar-refractivity contribution in [2.45, 2.75) is 25.3 Å². The lowest BCUT2D eigenvalue weighted by Gasteiger charge is -2.21. The lowest BCUT2D eigenvalue weighted by Crippen LogP contribution is -2.44. The minimum absolute atomic E-state index is 0.234. The van der Waals surface area contributed by atoms with Gasteiger partial charge < -0.3 is 10.4 Å². The number of carboxylic acid groups (broad SMARTS) is 1. The molecule has 0 radical (unpaired) electrons. The smallest absolute Gasteiger partial charge is 0.326 e. The van der Waals surface area contributed by atoms with Crippen LogP contribution in [0.5, 0.6) is 0 Å². The molecular formula is C24H23NO3. The van der Waals surface area contributed by atoms with E-state index in [0.29, 0.717) is 0 Å². The zero-order valence-corrected chi connectivity index (χ0v) is 15.7. The van der Waals surface area contributed by atoms with Gasteiger partial charge in [0.25, 0.3) is 0 Å². The highest BCUT2D eigenvalue weighted by molar-refractivity contribution is 5.90. The first-order valence-electron chi connectivity index (χ1n) is 9.23. The summed E-state index contributed by atoms with van der Waals surface area (Å²) in [4.78, 5) is 24.9. The van der Waals surface area contributed by atoms with Gasteiger partial charge in [0.2, 0.25) is 5.91 Å². The van der Waals surface area contributed by atoms with Crippen molar-refractivity contribution in [2.75, 3.05) is 0 Å². The van der Waals surface area contributed by atoms with Crippen molar-refractivity contribution < 1.29 is 14.7 Å². The van der Waals surface area contributed by atoms with Gasteiger partial charge in [0, 0.05) is 6.42 Å². The number of hydrogen-bond acceptors (Lipinski definition) is 2. The molecule has 0 bridgehead atoms. The number of hydrogen-bond donors (Lipinski definition) is 2. The van der Waals surface area contributed by atoms with E-state index >= 15 is 0 Å². The molecule has 0 spiro atoms. The van der Waals surface area contributed by atoms with Gasteiger partial charge in [-0.15, -0.1) is 0 Å². The fourth-order valence-electron chi connectivity index (χ4n) is 3.20. The van der Waals surface area contributed by atoms with Crippen LogP contribution in [0.15, 0.2) is 84.9 Å². The first-order valence-corrected chi connectivity index (χ1v) is 9.23. The van der Waals surface area contributed by atoms with E-state index in [-0.39, 0.29) is 12.3 Å². The van der Waals surface area contributed by atoms with E-state index in [1.807, 2.05) is 91.9 Å².